The Bertz CT molecular complexity index is 440. The first kappa shape index (κ1) is 15.3. The van der Waals surface area contributed by atoms with Gasteiger partial charge in [0.15, 0.2) is 5.96 Å². The predicted octanol–water partition coefficient (Wildman–Crippen LogP) is 3.39. The normalized spacial score (nSPS) is 21.1. The molecule has 100 valence electrons. The van der Waals surface area contributed by atoms with Crippen molar-refractivity contribution in [1.82, 2.24) is 0 Å². The van der Waals surface area contributed by atoms with Crippen molar-refractivity contribution in [2.24, 2.45) is 16.1 Å². The Labute approximate surface area is 126 Å². The summed E-state index contributed by atoms with van der Waals surface area (Å²) in [4.78, 5) is 4.48. The van der Waals surface area contributed by atoms with E-state index in [0.29, 0.717) is 17.4 Å². The van der Waals surface area contributed by atoms with E-state index in [1.807, 2.05) is 12.1 Å². The van der Waals surface area contributed by atoms with Gasteiger partial charge in [0.1, 0.15) is 0 Å². The second kappa shape index (κ2) is 5.91. The minimum Gasteiger partial charge on any atom is -0.370 e. The highest BCUT2D eigenvalue weighted by Crippen LogP contribution is 2.47. The number of nitrogens with two attached hydrogens (primary N) is 1. The summed E-state index contributed by atoms with van der Waals surface area (Å²) in [5.74, 6) is 0.522. The van der Waals surface area contributed by atoms with Crippen molar-refractivity contribution in [3.05, 3.63) is 29.8 Å². The molecule has 1 aliphatic carbocycles. The average Bonchev–Trinajstić information content (AvgIpc) is 2.85. The maximum atomic E-state index is 5.90. The van der Waals surface area contributed by atoms with Crippen LogP contribution < -0.4 is 11.1 Å². The molecule has 0 spiro atoms. The van der Waals surface area contributed by atoms with Crippen LogP contribution in [0.5, 0.6) is 0 Å². The number of benzene rings is 1. The number of nitrogens with one attached hydrogen (secondary N) is 1. The van der Waals surface area contributed by atoms with E-state index in [4.69, 9.17) is 5.73 Å². The molecule has 0 aromatic heterocycles. The molecule has 1 aromatic carbocycles. The van der Waals surface area contributed by atoms with E-state index in [1.54, 1.807) is 0 Å². The molecule has 2 rings (SSSR count). The SMILES string of the molecule is CCc1cccc(NC(N)=NC2CC2(C)C)c1.I. The zero-order valence-electron chi connectivity index (χ0n) is 11.2. The summed E-state index contributed by atoms with van der Waals surface area (Å²) in [6, 6.07) is 8.65. The van der Waals surface area contributed by atoms with Crippen LogP contribution in [0.25, 0.3) is 0 Å². The number of rotatable bonds is 3. The van der Waals surface area contributed by atoms with Gasteiger partial charge in [0.25, 0.3) is 0 Å². The molecule has 3 nitrogen and oxygen atoms in total. The van der Waals surface area contributed by atoms with Gasteiger partial charge in [0.05, 0.1) is 6.04 Å². The van der Waals surface area contributed by atoms with E-state index in [9.17, 15) is 0 Å². The number of anilines is 1. The molecule has 0 aliphatic heterocycles. The number of hydrogen-bond donors (Lipinski definition) is 2. The largest absolute Gasteiger partial charge is 0.370 e. The van der Waals surface area contributed by atoms with Crippen LogP contribution in [-0.2, 0) is 6.42 Å². The molecule has 4 heteroatoms. The number of hydrogen-bond acceptors (Lipinski definition) is 1. The minimum atomic E-state index is 0. The molecule has 1 atom stereocenters. The summed E-state index contributed by atoms with van der Waals surface area (Å²) in [6.45, 7) is 6.57. The molecule has 3 N–H and O–H groups in total. The highest BCUT2D eigenvalue weighted by Gasteiger charge is 2.45. The first-order chi connectivity index (χ1) is 8.01. The van der Waals surface area contributed by atoms with Crippen LogP contribution in [0.1, 0.15) is 32.8 Å². The van der Waals surface area contributed by atoms with Gasteiger partial charge in [-0.25, -0.2) is 4.99 Å². The Morgan fingerprint density at radius 3 is 2.72 bits per heavy atom. The molecule has 1 aromatic rings. The van der Waals surface area contributed by atoms with Crippen LogP contribution in [0.4, 0.5) is 5.69 Å². The van der Waals surface area contributed by atoms with Crippen LogP contribution in [0.2, 0.25) is 0 Å². The van der Waals surface area contributed by atoms with Gasteiger partial charge in [-0.1, -0.05) is 32.9 Å². The van der Waals surface area contributed by atoms with E-state index in [2.05, 4.69) is 43.2 Å². The lowest BCUT2D eigenvalue weighted by Crippen LogP contribution is -2.23. The molecule has 1 fully saturated rings. The van der Waals surface area contributed by atoms with Crippen LogP contribution in [0.15, 0.2) is 29.3 Å². The molecule has 0 heterocycles. The molecule has 1 aliphatic rings. The van der Waals surface area contributed by atoms with Crippen molar-refractivity contribution >= 4 is 35.6 Å². The van der Waals surface area contributed by atoms with E-state index < -0.39 is 0 Å². The van der Waals surface area contributed by atoms with E-state index in [1.165, 1.54) is 5.56 Å². The van der Waals surface area contributed by atoms with Crippen molar-refractivity contribution in [3.63, 3.8) is 0 Å². The number of halogens is 1. The second-order valence-corrected chi connectivity index (χ2v) is 5.40. The lowest BCUT2D eigenvalue weighted by molar-refractivity contribution is 0.618. The van der Waals surface area contributed by atoms with Gasteiger partial charge < -0.3 is 11.1 Å². The standard InChI is InChI=1S/C14H21N3.HI/c1-4-10-6-5-7-11(8-10)16-13(15)17-12-9-14(12,2)3;/h5-8,12H,4,9H2,1-3H3,(H3,15,16,17);1H. The van der Waals surface area contributed by atoms with E-state index in [0.717, 1.165) is 18.5 Å². The van der Waals surface area contributed by atoms with Crippen LogP contribution in [-0.4, -0.2) is 12.0 Å². The van der Waals surface area contributed by atoms with E-state index >= 15 is 0 Å². The molecular formula is C14H22IN3. The first-order valence-electron chi connectivity index (χ1n) is 6.20. The van der Waals surface area contributed by atoms with Crippen LogP contribution in [0, 0.1) is 5.41 Å². The Hall–Kier alpha value is -0.780. The number of aliphatic imine (C=N–C) groups is 1. The van der Waals surface area contributed by atoms with Gasteiger partial charge in [-0.15, -0.1) is 24.0 Å². The third-order valence-electron chi connectivity index (χ3n) is 3.36. The number of aryl methyl sites for hydroxylation is 1. The average molecular weight is 359 g/mol. The van der Waals surface area contributed by atoms with Crippen LogP contribution >= 0.6 is 24.0 Å². The van der Waals surface area contributed by atoms with E-state index in [-0.39, 0.29) is 24.0 Å². The molecule has 1 saturated carbocycles. The quantitative estimate of drug-likeness (QED) is 0.494. The topological polar surface area (TPSA) is 50.4 Å². The van der Waals surface area contributed by atoms with Crippen molar-refractivity contribution < 1.29 is 0 Å². The first-order valence-corrected chi connectivity index (χ1v) is 6.20. The summed E-state index contributed by atoms with van der Waals surface area (Å²) in [5.41, 5.74) is 8.55. The highest BCUT2D eigenvalue weighted by atomic mass is 127. The molecule has 0 amide bonds. The number of nitrogens with zero attached hydrogens (tertiary/aromatic N) is 1. The highest BCUT2D eigenvalue weighted by molar-refractivity contribution is 14.0. The fourth-order valence-corrected chi connectivity index (χ4v) is 1.88. The maximum Gasteiger partial charge on any atom is 0.193 e. The van der Waals surface area contributed by atoms with Crippen molar-refractivity contribution in [3.8, 4) is 0 Å². The molecular weight excluding hydrogens is 337 g/mol. The van der Waals surface area contributed by atoms with Gasteiger partial charge in [0, 0.05) is 5.69 Å². The lowest BCUT2D eigenvalue weighted by Gasteiger charge is -2.07. The number of guanidine groups is 1. The van der Waals surface area contributed by atoms with Crippen molar-refractivity contribution in [2.45, 2.75) is 39.7 Å². The van der Waals surface area contributed by atoms with Gasteiger partial charge >= 0.3 is 0 Å². The molecule has 0 bridgehead atoms. The van der Waals surface area contributed by atoms with Gasteiger partial charge in [0.2, 0.25) is 0 Å². The second-order valence-electron chi connectivity index (χ2n) is 5.40. The Morgan fingerprint density at radius 1 is 1.50 bits per heavy atom. The summed E-state index contributed by atoms with van der Waals surface area (Å²) in [5, 5.41) is 3.15. The predicted molar refractivity (Wildman–Crippen MR) is 88.7 cm³/mol. The van der Waals surface area contributed by atoms with Crippen LogP contribution in [0.3, 0.4) is 0 Å². The smallest absolute Gasteiger partial charge is 0.193 e. The van der Waals surface area contributed by atoms with Gasteiger partial charge in [-0.05, 0) is 36.0 Å². The zero-order chi connectivity index (χ0) is 12.5. The third-order valence-corrected chi connectivity index (χ3v) is 3.36. The molecule has 18 heavy (non-hydrogen) atoms. The third kappa shape index (κ3) is 3.86. The molecule has 1 unspecified atom stereocenters. The zero-order valence-corrected chi connectivity index (χ0v) is 13.6. The summed E-state index contributed by atoms with van der Waals surface area (Å²) >= 11 is 0. The van der Waals surface area contributed by atoms with Crippen molar-refractivity contribution in [1.29, 1.82) is 0 Å². The van der Waals surface area contributed by atoms with Gasteiger partial charge in [-0.2, -0.15) is 0 Å². The van der Waals surface area contributed by atoms with Crippen molar-refractivity contribution in [2.75, 3.05) is 5.32 Å². The summed E-state index contributed by atoms with van der Waals surface area (Å²) in [7, 11) is 0. The fourth-order valence-electron chi connectivity index (χ4n) is 1.88. The molecule has 0 radical (unpaired) electrons. The maximum absolute atomic E-state index is 5.90. The molecule has 0 saturated heterocycles. The monoisotopic (exact) mass is 359 g/mol. The Balaban J connectivity index is 0.00000162. The van der Waals surface area contributed by atoms with Gasteiger partial charge in [-0.3, -0.25) is 0 Å². The Morgan fingerprint density at radius 2 is 2.17 bits per heavy atom. The Kier molecular flexibility index (Phi) is 5.01. The minimum absolute atomic E-state index is 0. The summed E-state index contributed by atoms with van der Waals surface area (Å²) in [6.07, 6.45) is 2.16. The summed E-state index contributed by atoms with van der Waals surface area (Å²) < 4.78 is 0. The lowest BCUT2D eigenvalue weighted by atomic mass is 10.1. The fraction of sp³-hybridized carbons (Fsp3) is 0.500.